The van der Waals surface area contributed by atoms with Gasteiger partial charge in [0.15, 0.2) is 10.8 Å². The monoisotopic (exact) mass is 288 g/mol. The first kappa shape index (κ1) is 13.0. The molecule has 19 heavy (non-hydrogen) atoms. The maximum Gasteiger partial charge on any atom is 0.164 e. The molecule has 3 heterocycles. The smallest absolute Gasteiger partial charge is 0.164 e. The number of nitroso groups, excluding NO2 is 1. The lowest BCUT2D eigenvalue weighted by Gasteiger charge is -2.43. The largest absolute Gasteiger partial charge is 0.378 e. The van der Waals surface area contributed by atoms with E-state index >= 15 is 0 Å². The average Bonchev–Trinajstić information content (AvgIpc) is 2.67. The Labute approximate surface area is 114 Å². The fourth-order valence-corrected chi connectivity index (χ4v) is 2.87. The van der Waals surface area contributed by atoms with Crippen molar-refractivity contribution in [1.82, 2.24) is 14.7 Å². The Balaban J connectivity index is 1.78. The van der Waals surface area contributed by atoms with Crippen molar-refractivity contribution in [3.63, 3.8) is 0 Å². The zero-order valence-electron chi connectivity index (χ0n) is 10.2. The van der Waals surface area contributed by atoms with Crippen LogP contribution in [0.25, 0.3) is 0 Å². The van der Waals surface area contributed by atoms with Crippen LogP contribution in [0.5, 0.6) is 0 Å². The van der Waals surface area contributed by atoms with Gasteiger partial charge in [-0.25, -0.2) is 9.07 Å². The Morgan fingerprint density at radius 2 is 2.21 bits per heavy atom. The fraction of sp³-hybridized carbons (Fsp3) is 0.727. The predicted molar refractivity (Wildman–Crippen MR) is 67.4 cm³/mol. The molecule has 0 N–H and O–H groups in total. The topological polar surface area (TPSA) is 59.7 Å². The summed E-state index contributed by atoms with van der Waals surface area (Å²) in [5.74, 6) is 0. The van der Waals surface area contributed by atoms with Crippen molar-refractivity contribution in [2.45, 2.75) is 24.7 Å². The van der Waals surface area contributed by atoms with Crippen molar-refractivity contribution in [1.29, 1.82) is 0 Å². The first-order valence-electron chi connectivity index (χ1n) is 6.21. The molecule has 2 atom stereocenters. The molecule has 0 amide bonds. The number of alkyl halides is 1. The number of ether oxygens (including phenoxy) is 1. The summed E-state index contributed by atoms with van der Waals surface area (Å²) >= 11 is 6.02. The quantitative estimate of drug-likeness (QED) is 0.797. The predicted octanol–water partition coefficient (Wildman–Crippen LogP) is 1.92. The minimum atomic E-state index is -0.924. The van der Waals surface area contributed by atoms with Gasteiger partial charge in [-0.05, 0) is 5.18 Å². The lowest BCUT2D eigenvalue weighted by atomic mass is 10.0. The van der Waals surface area contributed by atoms with Crippen LogP contribution in [0, 0.1) is 4.91 Å². The second kappa shape index (κ2) is 5.15. The van der Waals surface area contributed by atoms with Gasteiger partial charge >= 0.3 is 0 Å². The van der Waals surface area contributed by atoms with Crippen molar-refractivity contribution < 1.29 is 9.13 Å². The highest BCUT2D eigenvalue weighted by atomic mass is 35.5. The van der Waals surface area contributed by atoms with E-state index in [-0.39, 0.29) is 22.9 Å². The number of halogens is 2. The summed E-state index contributed by atoms with van der Waals surface area (Å²) < 4.78 is 20.5. The molecule has 3 rings (SSSR count). The molecule has 0 spiro atoms. The number of aromatic nitrogens is 2. The van der Waals surface area contributed by atoms with Crippen LogP contribution in [0.4, 0.5) is 10.1 Å². The average molecular weight is 289 g/mol. The van der Waals surface area contributed by atoms with Gasteiger partial charge in [0.1, 0.15) is 6.17 Å². The molecule has 6 nitrogen and oxygen atoms in total. The lowest BCUT2D eigenvalue weighted by Crippen LogP contribution is -2.55. The summed E-state index contributed by atoms with van der Waals surface area (Å²) in [5, 5.41) is 7.02. The third-order valence-corrected chi connectivity index (χ3v) is 4.07. The Morgan fingerprint density at radius 3 is 2.79 bits per heavy atom. The van der Waals surface area contributed by atoms with Gasteiger partial charge in [-0.1, -0.05) is 11.6 Å². The number of hydrogen-bond acceptors (Lipinski definition) is 5. The highest BCUT2D eigenvalue weighted by Crippen LogP contribution is 2.32. The van der Waals surface area contributed by atoms with E-state index < -0.39 is 6.17 Å². The van der Waals surface area contributed by atoms with Crippen LogP contribution in [-0.2, 0) is 4.74 Å². The number of piperidine rings is 1. The Morgan fingerprint density at radius 1 is 1.42 bits per heavy atom. The third kappa shape index (κ3) is 2.37. The third-order valence-electron chi connectivity index (χ3n) is 3.70. The molecule has 2 aliphatic heterocycles. The van der Waals surface area contributed by atoms with Crippen molar-refractivity contribution in [2.75, 3.05) is 26.3 Å². The maximum absolute atomic E-state index is 13.9. The van der Waals surface area contributed by atoms with Crippen molar-refractivity contribution in [3.8, 4) is 0 Å². The van der Waals surface area contributed by atoms with Crippen LogP contribution in [0.2, 0.25) is 5.15 Å². The van der Waals surface area contributed by atoms with Crippen LogP contribution < -0.4 is 0 Å². The second-order valence-corrected chi connectivity index (χ2v) is 5.35. The van der Waals surface area contributed by atoms with Crippen LogP contribution >= 0.6 is 11.6 Å². The summed E-state index contributed by atoms with van der Waals surface area (Å²) in [4.78, 5) is 12.6. The molecule has 104 valence electrons. The highest BCUT2D eigenvalue weighted by Gasteiger charge is 2.36. The zero-order chi connectivity index (χ0) is 13.4. The van der Waals surface area contributed by atoms with Gasteiger partial charge < -0.3 is 4.74 Å². The van der Waals surface area contributed by atoms with Gasteiger partial charge in [-0.15, -0.1) is 4.91 Å². The minimum Gasteiger partial charge on any atom is -0.378 e. The number of hydrogen-bond donors (Lipinski definition) is 0. The van der Waals surface area contributed by atoms with E-state index in [4.69, 9.17) is 16.3 Å². The van der Waals surface area contributed by atoms with Crippen LogP contribution in [0.15, 0.2) is 11.4 Å². The van der Waals surface area contributed by atoms with E-state index in [9.17, 15) is 9.30 Å². The number of nitrogens with zero attached hydrogens (tertiary/aromatic N) is 4. The number of likely N-dealkylation sites (tertiary alicyclic amines) is 1. The Bertz CT molecular complexity index is 479. The molecule has 1 aromatic rings. The van der Waals surface area contributed by atoms with Gasteiger partial charge in [0.25, 0.3) is 0 Å². The minimum absolute atomic E-state index is 0.0983. The lowest BCUT2D eigenvalue weighted by molar-refractivity contribution is -0.0855. The summed E-state index contributed by atoms with van der Waals surface area (Å²) in [5.41, 5.74) is 0.0983. The molecule has 0 unspecified atom stereocenters. The van der Waals surface area contributed by atoms with Crippen LogP contribution in [-0.4, -0.2) is 53.2 Å². The van der Waals surface area contributed by atoms with E-state index in [2.05, 4.69) is 15.2 Å². The molecule has 8 heteroatoms. The zero-order valence-corrected chi connectivity index (χ0v) is 11.0. The molecule has 0 aliphatic carbocycles. The van der Waals surface area contributed by atoms with Crippen LogP contribution in [0.1, 0.15) is 12.5 Å². The maximum atomic E-state index is 13.9. The summed E-state index contributed by atoms with van der Waals surface area (Å²) in [6.07, 6.45) is 0.741. The Hall–Kier alpha value is -1.05. The molecular weight excluding hydrogens is 275 g/mol. The molecule has 2 fully saturated rings. The normalized spacial score (nSPS) is 29.2. The SMILES string of the molecule is O=Nc1cnn([C@H]2C[C@H](F)CN(C3COC3)C2)c1Cl. The summed E-state index contributed by atoms with van der Waals surface area (Å²) in [6.45, 7) is 2.37. The van der Waals surface area contributed by atoms with Crippen LogP contribution in [0.3, 0.4) is 0 Å². The van der Waals surface area contributed by atoms with Gasteiger partial charge in [0.2, 0.25) is 0 Å². The van der Waals surface area contributed by atoms with E-state index in [0.29, 0.717) is 32.7 Å². The molecule has 1 aromatic heterocycles. The molecular formula is C11H14ClFN4O2. The van der Waals surface area contributed by atoms with E-state index in [1.165, 1.54) is 10.9 Å². The van der Waals surface area contributed by atoms with Gasteiger partial charge in [-0.2, -0.15) is 5.10 Å². The standard InChI is InChI=1S/C11H14ClFN4O2/c12-11-10(15-18)2-14-17(11)8-1-7(13)3-16(4-8)9-5-19-6-9/h2,7-9H,1,3-6H2/t7-,8-/m0/s1. The van der Waals surface area contributed by atoms with Gasteiger partial charge in [0, 0.05) is 19.5 Å². The van der Waals surface area contributed by atoms with Gasteiger partial charge in [-0.3, -0.25) is 4.90 Å². The fourth-order valence-electron chi connectivity index (χ4n) is 2.61. The Kier molecular flexibility index (Phi) is 3.51. The molecule has 2 saturated heterocycles. The van der Waals surface area contributed by atoms with Crippen molar-refractivity contribution >= 4 is 17.3 Å². The summed E-state index contributed by atoms with van der Waals surface area (Å²) in [7, 11) is 0. The molecule has 2 aliphatic rings. The first-order valence-corrected chi connectivity index (χ1v) is 6.59. The molecule has 0 bridgehead atoms. The summed E-state index contributed by atoms with van der Waals surface area (Å²) in [6, 6.07) is 0.103. The molecule has 0 saturated carbocycles. The van der Waals surface area contributed by atoms with Crippen molar-refractivity contribution in [3.05, 3.63) is 16.3 Å². The van der Waals surface area contributed by atoms with E-state index in [1.54, 1.807) is 0 Å². The van der Waals surface area contributed by atoms with Gasteiger partial charge in [0.05, 0.1) is 31.5 Å². The van der Waals surface area contributed by atoms with E-state index in [0.717, 1.165) is 0 Å². The highest BCUT2D eigenvalue weighted by molar-refractivity contribution is 6.31. The molecule has 0 radical (unpaired) electrons. The second-order valence-electron chi connectivity index (χ2n) is 4.99. The van der Waals surface area contributed by atoms with Crippen molar-refractivity contribution in [2.24, 2.45) is 5.18 Å². The molecule has 0 aromatic carbocycles. The van der Waals surface area contributed by atoms with E-state index in [1.807, 2.05) is 0 Å². The first-order chi connectivity index (χ1) is 9.19. The number of rotatable bonds is 3.